The number of ketones is 1. The van der Waals surface area contributed by atoms with Crippen LogP contribution in [0.25, 0.3) is 21.9 Å². The molecule has 54 heavy (non-hydrogen) atoms. The van der Waals surface area contributed by atoms with Gasteiger partial charge in [-0.2, -0.15) is 0 Å². The van der Waals surface area contributed by atoms with Crippen molar-refractivity contribution < 1.29 is 47.2 Å². The summed E-state index contributed by atoms with van der Waals surface area (Å²) in [4.78, 5) is 20.4. The lowest BCUT2D eigenvalue weighted by molar-refractivity contribution is -0.891. The van der Waals surface area contributed by atoms with Gasteiger partial charge in [0.05, 0.1) is 137 Å². The van der Waals surface area contributed by atoms with Gasteiger partial charge in [0.2, 0.25) is 0 Å². The lowest BCUT2D eigenvalue weighted by Crippen LogP contribution is -2.43. The normalized spacial score (nSPS) is 12.1. The van der Waals surface area contributed by atoms with Crippen LogP contribution in [0.15, 0.2) is 24.3 Å². The summed E-state index contributed by atoms with van der Waals surface area (Å²) in [5.74, 6) is 1.75. The van der Waals surface area contributed by atoms with Gasteiger partial charge in [-0.15, -0.1) is 0 Å². The Morgan fingerprint density at radius 3 is 1.69 bits per heavy atom. The smallest absolute Gasteiger partial charge is 0.152 e. The number of carbonyl (C=O) groups excluding carboxylic acids is 1. The zero-order valence-electron chi connectivity index (χ0n) is 33.5. The van der Waals surface area contributed by atoms with Crippen LogP contribution in [0.2, 0.25) is 0 Å². The van der Waals surface area contributed by atoms with E-state index in [2.05, 4.69) is 42.7 Å². The number of imidazole rings is 1. The van der Waals surface area contributed by atoms with Crippen LogP contribution in [0.1, 0.15) is 51.8 Å². The highest BCUT2D eigenvalue weighted by molar-refractivity contribution is 6.06. The number of nitrogens with zero attached hydrogens (tertiary/aromatic N) is 4. The molecular weight excluding hydrogens is 694 g/mol. The summed E-state index contributed by atoms with van der Waals surface area (Å²) >= 11 is 0. The van der Waals surface area contributed by atoms with Crippen LogP contribution in [-0.4, -0.2) is 158 Å². The van der Waals surface area contributed by atoms with Crippen molar-refractivity contribution in [3.8, 4) is 0 Å². The molecule has 3 aromatic rings. The van der Waals surface area contributed by atoms with Crippen LogP contribution >= 0.6 is 0 Å². The molecule has 0 spiro atoms. The molecule has 2 heterocycles. The summed E-state index contributed by atoms with van der Waals surface area (Å²) in [5, 5.41) is 1.12. The first-order valence-corrected chi connectivity index (χ1v) is 19.8. The van der Waals surface area contributed by atoms with Crippen molar-refractivity contribution in [2.45, 2.75) is 58.9 Å². The Hall–Kier alpha value is -2.79. The molecule has 0 amide bonds. The Kier molecular flexibility index (Phi) is 23.4. The third kappa shape index (κ3) is 18.7. The van der Waals surface area contributed by atoms with Gasteiger partial charge < -0.3 is 52.7 Å². The van der Waals surface area contributed by atoms with Gasteiger partial charge in [-0.25, -0.2) is 9.97 Å². The van der Waals surface area contributed by atoms with Crippen LogP contribution in [-0.2, 0) is 55.7 Å². The Morgan fingerprint density at radius 1 is 0.667 bits per heavy atom. The van der Waals surface area contributed by atoms with E-state index in [1.165, 1.54) is 0 Å². The number of nitrogens with two attached hydrogens (primary N) is 1. The molecule has 0 aliphatic rings. The number of pyridine rings is 1. The summed E-state index contributed by atoms with van der Waals surface area (Å²) in [5.41, 5.74) is 9.23. The molecule has 0 atom stereocenters. The number of benzene rings is 1. The predicted octanol–water partition coefficient (Wildman–Crippen LogP) is 4.48. The Balaban J connectivity index is 1.11. The summed E-state index contributed by atoms with van der Waals surface area (Å²) in [7, 11) is 4.53. The van der Waals surface area contributed by atoms with Gasteiger partial charge in [0.1, 0.15) is 23.7 Å². The predicted molar refractivity (Wildman–Crippen MR) is 211 cm³/mol. The summed E-state index contributed by atoms with van der Waals surface area (Å²) < 4.78 is 47.6. The molecule has 0 aliphatic heterocycles. The van der Waals surface area contributed by atoms with Crippen molar-refractivity contribution in [1.29, 1.82) is 0 Å². The first-order chi connectivity index (χ1) is 26.3. The standard InChI is InChI=1S/C40H68N5O9/c1-5-6-13-37-43-38-39(35-11-7-8-12-36(35)42-40(38)41)44(37)15-9-10-16-45(3,4)17-19-48-21-23-50-25-27-52-29-31-54-33-32-53-30-28-51-26-24-49-22-20-47-18-14-34(2)46/h7-8,11-12H,5-6,9-10,13-33H2,1-4H3,(H2,41,42)/q+1. The highest BCUT2D eigenvalue weighted by Gasteiger charge is 2.18. The average Bonchev–Trinajstić information content (AvgIpc) is 3.52. The third-order valence-corrected chi connectivity index (χ3v) is 8.88. The van der Waals surface area contributed by atoms with Crippen molar-refractivity contribution in [2.24, 2.45) is 0 Å². The van der Waals surface area contributed by atoms with Crippen LogP contribution in [0, 0.1) is 0 Å². The van der Waals surface area contributed by atoms with Crippen LogP contribution in [0.5, 0.6) is 0 Å². The van der Waals surface area contributed by atoms with Crippen molar-refractivity contribution in [2.75, 3.05) is 139 Å². The number of nitrogen functional groups attached to an aromatic ring is 1. The molecule has 0 bridgehead atoms. The molecule has 1 aromatic carbocycles. The zero-order valence-corrected chi connectivity index (χ0v) is 33.5. The Morgan fingerprint density at radius 2 is 1.17 bits per heavy atom. The Bertz CT molecular complexity index is 1440. The topological polar surface area (TPSA) is 148 Å². The highest BCUT2D eigenvalue weighted by atomic mass is 16.6. The van der Waals surface area contributed by atoms with Crippen molar-refractivity contribution in [3.63, 3.8) is 0 Å². The molecule has 2 aromatic heterocycles. The van der Waals surface area contributed by atoms with Crippen LogP contribution in [0.4, 0.5) is 5.82 Å². The van der Waals surface area contributed by atoms with Gasteiger partial charge in [0, 0.05) is 24.8 Å². The number of quaternary nitrogens is 1. The maximum absolute atomic E-state index is 10.8. The van der Waals surface area contributed by atoms with Crippen molar-refractivity contribution in [1.82, 2.24) is 14.5 Å². The van der Waals surface area contributed by atoms with Gasteiger partial charge in [0.25, 0.3) is 0 Å². The second kappa shape index (κ2) is 27.7. The molecule has 14 heteroatoms. The lowest BCUT2D eigenvalue weighted by Gasteiger charge is -2.29. The highest BCUT2D eigenvalue weighted by Crippen LogP contribution is 2.29. The number of rotatable bonds is 35. The van der Waals surface area contributed by atoms with Crippen LogP contribution in [0.3, 0.4) is 0 Å². The number of hydrogen-bond acceptors (Lipinski definition) is 12. The molecule has 0 unspecified atom stereocenters. The molecule has 0 fully saturated rings. The van der Waals surface area contributed by atoms with Crippen molar-refractivity contribution >= 4 is 33.5 Å². The van der Waals surface area contributed by atoms with E-state index in [1.807, 2.05) is 12.1 Å². The molecular formula is C40H68N5O9+. The van der Waals surface area contributed by atoms with E-state index >= 15 is 0 Å². The number of aromatic nitrogens is 3. The fourth-order valence-electron chi connectivity index (χ4n) is 5.76. The quantitative estimate of drug-likeness (QED) is 0.0666. The molecule has 306 valence electrons. The SMILES string of the molecule is CCCCc1nc2c(N)nc3ccccc3c2n1CCCC[N+](C)(C)CCOCCOCCOCCOCCOCCOCCOCCOCCC(C)=O. The van der Waals surface area contributed by atoms with E-state index in [0.717, 1.165) is 84.0 Å². The first kappa shape index (κ1) is 45.6. The number of ether oxygens (including phenoxy) is 8. The van der Waals surface area contributed by atoms with Gasteiger partial charge in [-0.05, 0) is 32.3 Å². The number of likely N-dealkylation sites (N-methyl/N-ethyl adjacent to an activating group) is 1. The number of aryl methyl sites for hydroxylation is 2. The summed E-state index contributed by atoms with van der Waals surface area (Å²) in [6.45, 7) is 15.0. The fourth-order valence-corrected chi connectivity index (χ4v) is 5.76. The average molecular weight is 763 g/mol. The van der Waals surface area contributed by atoms with E-state index in [-0.39, 0.29) is 5.78 Å². The number of para-hydroxylation sites is 1. The van der Waals surface area contributed by atoms with E-state index in [4.69, 9.17) is 48.6 Å². The second-order valence-electron chi connectivity index (χ2n) is 13.9. The van der Waals surface area contributed by atoms with E-state index in [9.17, 15) is 4.79 Å². The maximum Gasteiger partial charge on any atom is 0.152 e. The van der Waals surface area contributed by atoms with E-state index < -0.39 is 0 Å². The van der Waals surface area contributed by atoms with E-state index in [1.54, 1.807) is 6.92 Å². The minimum absolute atomic E-state index is 0.128. The van der Waals surface area contributed by atoms with Gasteiger partial charge in [-0.1, -0.05) is 31.5 Å². The Labute approximate surface area is 322 Å². The van der Waals surface area contributed by atoms with Gasteiger partial charge in [-0.3, -0.25) is 4.79 Å². The van der Waals surface area contributed by atoms with Crippen molar-refractivity contribution in [3.05, 3.63) is 30.1 Å². The molecule has 0 saturated carbocycles. The van der Waals surface area contributed by atoms with E-state index in [0.29, 0.717) is 118 Å². The molecule has 3 rings (SSSR count). The molecule has 0 radical (unpaired) electrons. The summed E-state index contributed by atoms with van der Waals surface area (Å²) in [6, 6.07) is 8.22. The van der Waals surface area contributed by atoms with Gasteiger partial charge in [0.15, 0.2) is 5.82 Å². The lowest BCUT2D eigenvalue weighted by atomic mass is 10.1. The number of anilines is 1. The number of unbranched alkanes of at least 4 members (excludes halogenated alkanes) is 2. The number of hydrogen-bond donors (Lipinski definition) is 1. The molecule has 2 N–H and O–H groups in total. The third-order valence-electron chi connectivity index (χ3n) is 8.88. The first-order valence-electron chi connectivity index (χ1n) is 19.8. The minimum Gasteiger partial charge on any atom is -0.382 e. The second-order valence-corrected chi connectivity index (χ2v) is 13.9. The molecule has 0 aliphatic carbocycles. The largest absolute Gasteiger partial charge is 0.382 e. The molecule has 0 saturated heterocycles. The van der Waals surface area contributed by atoms with Gasteiger partial charge >= 0.3 is 0 Å². The zero-order chi connectivity index (χ0) is 38.7. The monoisotopic (exact) mass is 763 g/mol. The molecule has 14 nitrogen and oxygen atoms in total. The van der Waals surface area contributed by atoms with Crippen LogP contribution < -0.4 is 5.73 Å². The number of carbonyl (C=O) groups is 1. The summed E-state index contributed by atoms with van der Waals surface area (Å²) in [6.07, 6.45) is 5.79. The maximum atomic E-state index is 10.8. The fraction of sp³-hybridized carbons (Fsp3) is 0.725. The number of Topliss-reactive ketones (excluding diaryl/α,β-unsaturated/α-hetero) is 1. The minimum atomic E-state index is 0.128. The number of fused-ring (bicyclic) bond motifs is 3.